The Labute approximate surface area is 300 Å². The van der Waals surface area contributed by atoms with E-state index in [1.54, 1.807) is 11.0 Å². The van der Waals surface area contributed by atoms with Crippen LogP contribution in [0.3, 0.4) is 0 Å². The average molecular weight is 722 g/mol. The lowest BCUT2D eigenvalue weighted by Gasteiger charge is -2.33. The summed E-state index contributed by atoms with van der Waals surface area (Å²) in [6, 6.07) is 4.62. The largest absolute Gasteiger partial charge is 0.444 e. The molecule has 276 valence electrons. The van der Waals surface area contributed by atoms with Crippen LogP contribution in [-0.2, 0) is 42.2 Å². The van der Waals surface area contributed by atoms with E-state index in [9.17, 15) is 27.6 Å². The van der Waals surface area contributed by atoms with Crippen molar-refractivity contribution in [1.82, 2.24) is 25.2 Å². The molecule has 3 saturated carbocycles. The molecule has 0 radical (unpaired) electrons. The van der Waals surface area contributed by atoms with Crippen molar-refractivity contribution in [1.29, 1.82) is 0 Å². The van der Waals surface area contributed by atoms with Gasteiger partial charge in [0.25, 0.3) is 5.91 Å². The van der Waals surface area contributed by atoms with Gasteiger partial charge in [-0.1, -0.05) is 55.7 Å². The molecule has 1 saturated heterocycles. The number of carbonyl (C=O) groups is 4. The topological polar surface area (TPSA) is 154 Å². The zero-order valence-corrected chi connectivity index (χ0v) is 30.3. The van der Waals surface area contributed by atoms with Gasteiger partial charge in [0.2, 0.25) is 21.8 Å². The predicted octanol–water partition coefficient (Wildman–Crippen LogP) is 3.90. The fourth-order valence-electron chi connectivity index (χ4n) is 8.54. The van der Waals surface area contributed by atoms with Gasteiger partial charge in [-0.2, -0.15) is 0 Å². The van der Waals surface area contributed by atoms with Crippen molar-refractivity contribution in [3.05, 3.63) is 53.6 Å². The first-order chi connectivity index (χ1) is 24.5. The summed E-state index contributed by atoms with van der Waals surface area (Å²) in [6.45, 7) is 6.76. The first kappa shape index (κ1) is 35.7. The molecule has 3 N–H and O–H groups in total. The standard InChI is InChI=1S/C38H51N5O7S/c1-3-28-20-38(28,36(46)41-51(48,49)30-17-18-30)40-34(44)32-19-29-22-43(32)35(45)33(26-13-8-9-14-26)39-24(2)11-6-4-5-7-12-25-15-10-16-27-21-42(23-31(25)27)37(47)50-29/h3,7,10,12,15-16,24,26,28-30,32-33,39H,1,4-6,8-9,11,13-14,17-23H2,2H3,(H,40,44)(H,41,46)/b12-7+/t24-,28+,29-,32+,33+,38-/m1/s1. The van der Waals surface area contributed by atoms with Gasteiger partial charge < -0.3 is 20.3 Å². The van der Waals surface area contributed by atoms with Crippen LogP contribution in [0.5, 0.6) is 0 Å². The number of amides is 4. The highest BCUT2D eigenvalue weighted by Gasteiger charge is 2.62. The van der Waals surface area contributed by atoms with Crippen molar-refractivity contribution < 1.29 is 32.3 Å². The Kier molecular flexibility index (Phi) is 10.1. The third-order valence-electron chi connectivity index (χ3n) is 11.8. The molecule has 1 aromatic rings. The molecule has 3 aliphatic heterocycles. The van der Waals surface area contributed by atoms with E-state index in [0.29, 0.717) is 25.9 Å². The molecule has 4 bridgehead atoms. The number of hydrogen-bond acceptors (Lipinski definition) is 8. The number of hydrogen-bond donors (Lipinski definition) is 3. The lowest BCUT2D eigenvalue weighted by molar-refractivity contribution is -0.142. The van der Waals surface area contributed by atoms with Crippen LogP contribution in [-0.4, -0.2) is 83.6 Å². The van der Waals surface area contributed by atoms with Crippen LogP contribution in [0.2, 0.25) is 0 Å². The molecule has 1 aromatic carbocycles. The number of ether oxygens (including phenoxy) is 1. The Morgan fingerprint density at radius 2 is 1.82 bits per heavy atom. The number of nitrogens with zero attached hydrogens (tertiary/aromatic N) is 2. The lowest BCUT2D eigenvalue weighted by atomic mass is 9.94. The van der Waals surface area contributed by atoms with Crippen LogP contribution in [0.15, 0.2) is 36.9 Å². The van der Waals surface area contributed by atoms with Gasteiger partial charge in [-0.15, -0.1) is 6.58 Å². The summed E-state index contributed by atoms with van der Waals surface area (Å²) in [4.78, 5) is 59.2. The summed E-state index contributed by atoms with van der Waals surface area (Å²) in [5, 5.41) is 5.89. The molecule has 12 nitrogen and oxygen atoms in total. The number of fused-ring (bicyclic) bond motifs is 3. The number of carbonyl (C=O) groups excluding carboxylic acids is 4. The molecule has 3 aliphatic carbocycles. The van der Waals surface area contributed by atoms with Gasteiger partial charge in [0.1, 0.15) is 17.7 Å². The second-order valence-electron chi connectivity index (χ2n) is 15.5. The zero-order valence-electron chi connectivity index (χ0n) is 29.5. The fourth-order valence-corrected chi connectivity index (χ4v) is 9.90. The van der Waals surface area contributed by atoms with Crippen LogP contribution in [0.4, 0.5) is 4.79 Å². The monoisotopic (exact) mass is 721 g/mol. The zero-order chi connectivity index (χ0) is 35.9. The van der Waals surface area contributed by atoms with Crippen molar-refractivity contribution in [2.75, 3.05) is 6.54 Å². The number of allylic oxidation sites excluding steroid dienone is 1. The average Bonchev–Trinajstić information content (AvgIpc) is 3.88. The van der Waals surface area contributed by atoms with Crippen molar-refractivity contribution in [3.8, 4) is 0 Å². The predicted molar refractivity (Wildman–Crippen MR) is 191 cm³/mol. The van der Waals surface area contributed by atoms with Crippen LogP contribution < -0.4 is 15.4 Å². The van der Waals surface area contributed by atoms with E-state index < -0.39 is 62.8 Å². The van der Waals surface area contributed by atoms with E-state index in [-0.39, 0.29) is 37.3 Å². The summed E-state index contributed by atoms with van der Waals surface area (Å²) in [5.41, 5.74) is 1.76. The first-order valence-electron chi connectivity index (χ1n) is 18.8. The molecular formula is C38H51N5O7S. The summed E-state index contributed by atoms with van der Waals surface area (Å²) in [5.74, 6) is -1.93. The Morgan fingerprint density at radius 3 is 2.55 bits per heavy atom. The molecule has 13 heteroatoms. The molecular weight excluding hydrogens is 671 g/mol. The summed E-state index contributed by atoms with van der Waals surface area (Å²) in [6.07, 6.45) is 13.6. The summed E-state index contributed by atoms with van der Waals surface area (Å²) in [7, 11) is -3.85. The van der Waals surface area contributed by atoms with E-state index in [1.165, 1.54) is 4.90 Å². The van der Waals surface area contributed by atoms with Crippen molar-refractivity contribution in [2.24, 2.45) is 11.8 Å². The minimum atomic E-state index is -3.85. The molecule has 4 amide bonds. The maximum Gasteiger partial charge on any atom is 0.410 e. The number of rotatable bonds is 7. The van der Waals surface area contributed by atoms with Crippen LogP contribution in [0.1, 0.15) is 101 Å². The van der Waals surface area contributed by atoms with E-state index in [0.717, 1.165) is 68.1 Å². The van der Waals surface area contributed by atoms with Gasteiger partial charge in [0.15, 0.2) is 0 Å². The van der Waals surface area contributed by atoms with Gasteiger partial charge in [0.05, 0.1) is 24.4 Å². The van der Waals surface area contributed by atoms with Crippen molar-refractivity contribution >= 4 is 39.9 Å². The maximum atomic E-state index is 14.7. The lowest BCUT2D eigenvalue weighted by Crippen LogP contribution is -2.59. The third kappa shape index (κ3) is 7.46. The van der Waals surface area contributed by atoms with Crippen LogP contribution in [0, 0.1) is 11.8 Å². The van der Waals surface area contributed by atoms with Gasteiger partial charge in [0, 0.05) is 24.9 Å². The Balaban J connectivity index is 1.15. The highest BCUT2D eigenvalue weighted by atomic mass is 32.2. The SMILES string of the molecule is C=C[C@H]1C[C@]1(NC(=O)[C@@H]1C[C@@H]2CN1C(=O)[C@H](C1CCCC1)N[C@H](C)CCCC/C=C/c1cccc3c1CN(C3)C(=O)O2)C(=O)NS(=O)(=O)C1CC1. The molecule has 6 aliphatic rings. The second kappa shape index (κ2) is 14.4. The molecule has 4 fully saturated rings. The molecule has 0 spiro atoms. The number of nitrogens with one attached hydrogen (secondary N) is 3. The minimum absolute atomic E-state index is 0.0386. The number of sulfonamides is 1. The Morgan fingerprint density at radius 1 is 1.06 bits per heavy atom. The van der Waals surface area contributed by atoms with Crippen LogP contribution >= 0.6 is 0 Å². The van der Waals surface area contributed by atoms with E-state index in [1.807, 2.05) is 12.1 Å². The Bertz CT molecular complexity index is 1700. The summed E-state index contributed by atoms with van der Waals surface area (Å²) >= 11 is 0. The van der Waals surface area contributed by atoms with E-state index >= 15 is 0 Å². The number of benzene rings is 1. The van der Waals surface area contributed by atoms with Crippen molar-refractivity contribution in [2.45, 2.75) is 132 Å². The minimum Gasteiger partial charge on any atom is -0.444 e. The van der Waals surface area contributed by atoms with Gasteiger partial charge in [-0.3, -0.25) is 24.0 Å². The Hall–Kier alpha value is -3.71. The smallest absolute Gasteiger partial charge is 0.410 e. The highest BCUT2D eigenvalue weighted by Crippen LogP contribution is 2.45. The van der Waals surface area contributed by atoms with E-state index in [2.05, 4.69) is 47.1 Å². The quantitative estimate of drug-likeness (QED) is 0.359. The first-order valence-corrected chi connectivity index (χ1v) is 20.3. The highest BCUT2D eigenvalue weighted by molar-refractivity contribution is 7.91. The van der Waals surface area contributed by atoms with Crippen LogP contribution in [0.25, 0.3) is 6.08 Å². The molecule has 0 aromatic heterocycles. The van der Waals surface area contributed by atoms with Gasteiger partial charge >= 0.3 is 6.09 Å². The normalized spacial score (nSPS) is 32.4. The van der Waals surface area contributed by atoms with Gasteiger partial charge in [-0.25, -0.2) is 13.2 Å². The summed E-state index contributed by atoms with van der Waals surface area (Å²) < 4.78 is 33.6. The van der Waals surface area contributed by atoms with E-state index in [4.69, 9.17) is 4.74 Å². The molecule has 51 heavy (non-hydrogen) atoms. The maximum absolute atomic E-state index is 14.7. The molecule has 0 unspecified atom stereocenters. The fraction of sp³-hybridized carbons (Fsp3) is 0.632. The second-order valence-corrected chi connectivity index (χ2v) is 17.5. The van der Waals surface area contributed by atoms with Gasteiger partial charge in [-0.05, 0) is 80.9 Å². The molecule has 6 atom stereocenters. The molecule has 7 rings (SSSR count). The third-order valence-corrected chi connectivity index (χ3v) is 13.6. The van der Waals surface area contributed by atoms with Crippen molar-refractivity contribution in [3.63, 3.8) is 0 Å². The molecule has 3 heterocycles.